The maximum atomic E-state index is 12.2. The Labute approximate surface area is 137 Å². The number of thiophene rings is 1. The van der Waals surface area contributed by atoms with Crippen molar-refractivity contribution < 1.29 is 9.59 Å². The van der Waals surface area contributed by atoms with Crippen molar-refractivity contribution in [3.05, 3.63) is 51.9 Å². The van der Waals surface area contributed by atoms with Gasteiger partial charge in [-0.25, -0.2) is 0 Å². The lowest BCUT2D eigenvalue weighted by Crippen LogP contribution is -2.38. The van der Waals surface area contributed by atoms with E-state index >= 15 is 0 Å². The Bertz CT molecular complexity index is 819. The van der Waals surface area contributed by atoms with E-state index in [2.05, 4.69) is 12.1 Å². The van der Waals surface area contributed by atoms with Gasteiger partial charge in [-0.05, 0) is 36.4 Å². The Morgan fingerprint density at radius 3 is 2.91 bits per heavy atom. The van der Waals surface area contributed by atoms with E-state index in [0.717, 1.165) is 10.4 Å². The van der Waals surface area contributed by atoms with E-state index in [4.69, 9.17) is 11.6 Å². The highest BCUT2D eigenvalue weighted by molar-refractivity contribution is 7.20. The van der Waals surface area contributed by atoms with Gasteiger partial charge in [0, 0.05) is 22.2 Å². The molecule has 0 atom stereocenters. The van der Waals surface area contributed by atoms with Gasteiger partial charge in [0.25, 0.3) is 11.8 Å². The minimum atomic E-state index is -0.421. The predicted octanol–water partition coefficient (Wildman–Crippen LogP) is 4.10. The Morgan fingerprint density at radius 2 is 2.14 bits per heavy atom. The molecule has 1 aromatic heterocycles. The van der Waals surface area contributed by atoms with Crippen LogP contribution in [0.25, 0.3) is 16.2 Å². The number of hydrogen-bond acceptors (Lipinski definition) is 3. The predicted molar refractivity (Wildman–Crippen MR) is 90.9 cm³/mol. The third-order valence-corrected chi connectivity index (χ3v) is 5.20. The molecule has 0 aliphatic carbocycles. The van der Waals surface area contributed by atoms with Gasteiger partial charge in [-0.15, -0.1) is 11.3 Å². The Hall–Kier alpha value is -1.91. The van der Waals surface area contributed by atoms with Crippen LogP contribution < -0.4 is 0 Å². The van der Waals surface area contributed by atoms with Crippen LogP contribution in [0.15, 0.2) is 41.4 Å². The number of carbonyl (C=O) groups is 2. The van der Waals surface area contributed by atoms with Crippen molar-refractivity contribution in [2.24, 2.45) is 0 Å². The fourth-order valence-electron chi connectivity index (χ4n) is 2.44. The summed E-state index contributed by atoms with van der Waals surface area (Å²) in [6, 6.07) is 8.13. The van der Waals surface area contributed by atoms with E-state index < -0.39 is 5.91 Å². The summed E-state index contributed by atoms with van der Waals surface area (Å²) in [4.78, 5) is 26.3. The first-order valence-corrected chi connectivity index (χ1v) is 8.15. The van der Waals surface area contributed by atoms with Gasteiger partial charge in [-0.2, -0.15) is 0 Å². The number of rotatable bonds is 2. The molecule has 0 bridgehead atoms. The maximum absolute atomic E-state index is 12.2. The van der Waals surface area contributed by atoms with E-state index in [0.29, 0.717) is 13.0 Å². The fraction of sp³-hybridized carbons (Fsp3) is 0.176. The van der Waals surface area contributed by atoms with Gasteiger partial charge in [0.1, 0.15) is 5.03 Å². The molecule has 112 valence electrons. The van der Waals surface area contributed by atoms with Crippen LogP contribution in [-0.4, -0.2) is 23.3 Å². The van der Waals surface area contributed by atoms with E-state index in [1.165, 1.54) is 21.1 Å². The highest BCUT2D eigenvalue weighted by Gasteiger charge is 2.24. The van der Waals surface area contributed by atoms with Crippen molar-refractivity contribution >= 4 is 50.9 Å². The third kappa shape index (κ3) is 2.72. The molecule has 0 saturated heterocycles. The van der Waals surface area contributed by atoms with Crippen molar-refractivity contribution in [3.63, 3.8) is 0 Å². The summed E-state index contributed by atoms with van der Waals surface area (Å²) in [5, 5.41) is 1.31. The molecule has 3 nitrogen and oxygen atoms in total. The minimum absolute atomic E-state index is 0.117. The van der Waals surface area contributed by atoms with Gasteiger partial charge in [0.2, 0.25) is 0 Å². The summed E-state index contributed by atoms with van der Waals surface area (Å²) in [5.41, 5.74) is 1.15. The molecule has 2 heterocycles. The summed E-state index contributed by atoms with van der Waals surface area (Å²) in [5.74, 6) is -0.747. The lowest BCUT2D eigenvalue weighted by molar-refractivity contribution is -0.139. The quantitative estimate of drug-likeness (QED) is 0.777. The third-order valence-electron chi connectivity index (χ3n) is 3.65. The lowest BCUT2D eigenvalue weighted by atomic mass is 10.1. The number of aryl methyl sites for hydroxylation is 1. The number of halogens is 1. The molecule has 1 aliphatic rings. The molecule has 22 heavy (non-hydrogen) atoms. The monoisotopic (exact) mass is 331 g/mol. The van der Waals surface area contributed by atoms with E-state index in [1.54, 1.807) is 23.5 Å². The summed E-state index contributed by atoms with van der Waals surface area (Å²) in [6.07, 6.45) is 5.48. The van der Waals surface area contributed by atoms with Gasteiger partial charge >= 0.3 is 0 Å². The van der Waals surface area contributed by atoms with Crippen LogP contribution in [0, 0.1) is 6.92 Å². The van der Waals surface area contributed by atoms with Crippen LogP contribution in [0.3, 0.4) is 0 Å². The van der Waals surface area contributed by atoms with E-state index in [-0.39, 0.29) is 10.9 Å². The normalized spacial score (nSPS) is 15.6. The first kappa shape index (κ1) is 15.0. The summed E-state index contributed by atoms with van der Waals surface area (Å²) in [7, 11) is 0. The molecular weight excluding hydrogens is 318 g/mol. The van der Waals surface area contributed by atoms with Gasteiger partial charge < -0.3 is 0 Å². The van der Waals surface area contributed by atoms with Gasteiger partial charge in [0.05, 0.1) is 0 Å². The molecule has 2 aromatic rings. The molecule has 2 amide bonds. The molecule has 0 saturated carbocycles. The molecule has 0 unspecified atom stereocenters. The standard InChI is InChI=1S/C17H14ClNO2S/c1-11-12-5-2-3-7-15(12)22-14(11)8-9-16(20)19-10-4-6-13(18)17(19)21/h2-3,5-9H,4,10H2,1H3/b9-8+. The highest BCUT2D eigenvalue weighted by atomic mass is 35.5. The van der Waals surface area contributed by atoms with Gasteiger partial charge in [-0.1, -0.05) is 35.9 Å². The summed E-state index contributed by atoms with van der Waals surface area (Å²) < 4.78 is 1.19. The van der Waals surface area contributed by atoms with Crippen molar-refractivity contribution in [2.75, 3.05) is 6.54 Å². The van der Waals surface area contributed by atoms with Gasteiger partial charge in [0.15, 0.2) is 0 Å². The zero-order chi connectivity index (χ0) is 15.7. The minimum Gasteiger partial charge on any atom is -0.274 e. The number of benzene rings is 1. The zero-order valence-corrected chi connectivity index (χ0v) is 13.6. The molecule has 0 N–H and O–H groups in total. The van der Waals surface area contributed by atoms with E-state index in [1.807, 2.05) is 19.1 Å². The maximum Gasteiger partial charge on any atom is 0.271 e. The fourth-order valence-corrected chi connectivity index (χ4v) is 3.76. The van der Waals surface area contributed by atoms with Crippen molar-refractivity contribution in [2.45, 2.75) is 13.3 Å². The van der Waals surface area contributed by atoms with Crippen LogP contribution in [-0.2, 0) is 9.59 Å². The number of carbonyl (C=O) groups excluding carboxylic acids is 2. The van der Waals surface area contributed by atoms with Crippen LogP contribution in [0.2, 0.25) is 0 Å². The average Bonchev–Trinajstić information content (AvgIpc) is 2.84. The molecule has 5 heteroatoms. The topological polar surface area (TPSA) is 37.4 Å². The molecule has 0 fully saturated rings. The number of fused-ring (bicyclic) bond motifs is 1. The smallest absolute Gasteiger partial charge is 0.271 e. The molecule has 0 spiro atoms. The molecule has 0 radical (unpaired) electrons. The number of hydrogen-bond donors (Lipinski definition) is 0. The summed E-state index contributed by atoms with van der Waals surface area (Å²) >= 11 is 7.43. The number of amides is 2. The SMILES string of the molecule is Cc1c(/C=C/C(=O)N2CCC=C(Cl)C2=O)sc2ccccc12. The molecule has 1 aliphatic heterocycles. The van der Waals surface area contributed by atoms with Crippen molar-refractivity contribution in [3.8, 4) is 0 Å². The second kappa shape index (κ2) is 6.07. The second-order valence-corrected chi connectivity index (χ2v) is 6.55. The average molecular weight is 332 g/mol. The van der Waals surface area contributed by atoms with Crippen LogP contribution in [0.4, 0.5) is 0 Å². The first-order chi connectivity index (χ1) is 10.6. The summed E-state index contributed by atoms with van der Waals surface area (Å²) in [6.45, 7) is 2.41. The number of imide groups is 1. The molecule has 1 aromatic carbocycles. The Balaban J connectivity index is 1.84. The second-order valence-electron chi connectivity index (χ2n) is 5.06. The Morgan fingerprint density at radius 1 is 1.36 bits per heavy atom. The van der Waals surface area contributed by atoms with Crippen LogP contribution in [0.5, 0.6) is 0 Å². The van der Waals surface area contributed by atoms with Crippen molar-refractivity contribution in [1.82, 2.24) is 4.90 Å². The lowest BCUT2D eigenvalue weighted by Gasteiger charge is -2.21. The Kier molecular flexibility index (Phi) is 4.14. The van der Waals surface area contributed by atoms with E-state index in [9.17, 15) is 9.59 Å². The molecular formula is C17H14ClNO2S. The number of nitrogens with zero attached hydrogens (tertiary/aromatic N) is 1. The van der Waals surface area contributed by atoms with Crippen molar-refractivity contribution in [1.29, 1.82) is 0 Å². The molecule has 3 rings (SSSR count). The van der Waals surface area contributed by atoms with Gasteiger partial charge in [-0.3, -0.25) is 14.5 Å². The van der Waals surface area contributed by atoms with Crippen LogP contribution >= 0.6 is 22.9 Å². The first-order valence-electron chi connectivity index (χ1n) is 6.95. The largest absolute Gasteiger partial charge is 0.274 e. The highest BCUT2D eigenvalue weighted by Crippen LogP contribution is 2.31. The zero-order valence-electron chi connectivity index (χ0n) is 12.0. The van der Waals surface area contributed by atoms with Crippen LogP contribution in [0.1, 0.15) is 16.9 Å².